The molecule has 1 aromatic heterocycles. The van der Waals surface area contributed by atoms with Crippen LogP contribution in [0.15, 0.2) is 24.3 Å². The average molecular weight is 426 g/mol. The van der Waals surface area contributed by atoms with Gasteiger partial charge >= 0.3 is 6.18 Å². The normalized spacial score (nSPS) is 11.5. The quantitative estimate of drug-likeness (QED) is 0.755. The number of alkyl halides is 3. The number of aryl methyl sites for hydroxylation is 1. The molecule has 1 N–H and O–H groups in total. The summed E-state index contributed by atoms with van der Waals surface area (Å²) in [5.41, 5.74) is 0.549. The van der Waals surface area contributed by atoms with Crippen LogP contribution in [0, 0.1) is 9.94 Å². The molecular weight excluding hydrogens is 416 g/mol. The van der Waals surface area contributed by atoms with Gasteiger partial charge in [-0.2, -0.15) is 13.2 Å². The van der Waals surface area contributed by atoms with E-state index in [0.717, 1.165) is 15.1 Å². The van der Waals surface area contributed by atoms with E-state index in [1.807, 2.05) is 22.6 Å². The van der Waals surface area contributed by atoms with E-state index in [1.54, 1.807) is 6.92 Å². The molecule has 0 bridgehead atoms. The molecule has 0 radical (unpaired) electrons. The summed E-state index contributed by atoms with van der Waals surface area (Å²) in [5.74, 6) is -0.271. The van der Waals surface area contributed by atoms with Crippen LogP contribution in [0.5, 0.6) is 0 Å². The van der Waals surface area contributed by atoms with Crippen molar-refractivity contribution in [2.75, 3.05) is 0 Å². The first-order valence-electron chi connectivity index (χ1n) is 5.84. The molecule has 0 unspecified atom stereocenters. The molecule has 1 heterocycles. The van der Waals surface area contributed by atoms with Gasteiger partial charge < -0.3 is 5.32 Å². The van der Waals surface area contributed by atoms with Crippen molar-refractivity contribution >= 4 is 39.8 Å². The number of nitrogens with zero attached hydrogens (tertiary/aromatic N) is 1. The Kier molecular flexibility index (Phi) is 4.87. The van der Waals surface area contributed by atoms with Gasteiger partial charge in [0.1, 0.15) is 4.88 Å². The van der Waals surface area contributed by atoms with Crippen LogP contribution < -0.4 is 5.32 Å². The maximum Gasteiger partial charge on any atom is 0.416 e. The van der Waals surface area contributed by atoms with Crippen molar-refractivity contribution in [3.05, 3.63) is 49.0 Å². The number of benzene rings is 1. The Balaban J connectivity index is 2.00. The zero-order valence-corrected chi connectivity index (χ0v) is 13.8. The summed E-state index contributed by atoms with van der Waals surface area (Å²) in [6, 6.07) is 4.71. The van der Waals surface area contributed by atoms with E-state index in [9.17, 15) is 18.0 Å². The fraction of sp³-hybridized carbons (Fsp3) is 0.231. The molecule has 1 aromatic carbocycles. The van der Waals surface area contributed by atoms with Gasteiger partial charge in [0, 0.05) is 6.54 Å². The van der Waals surface area contributed by atoms with Gasteiger partial charge in [0.05, 0.1) is 11.3 Å². The van der Waals surface area contributed by atoms with Gasteiger partial charge in [-0.1, -0.05) is 12.1 Å². The highest BCUT2D eigenvalue weighted by Crippen LogP contribution is 2.29. The lowest BCUT2D eigenvalue weighted by Crippen LogP contribution is -2.22. The zero-order chi connectivity index (χ0) is 15.6. The second-order valence-electron chi connectivity index (χ2n) is 4.26. The number of nitrogens with one attached hydrogen (secondary N) is 1. The van der Waals surface area contributed by atoms with E-state index < -0.39 is 11.7 Å². The van der Waals surface area contributed by atoms with E-state index in [4.69, 9.17) is 0 Å². The van der Waals surface area contributed by atoms with Gasteiger partial charge in [-0.15, -0.1) is 11.3 Å². The number of carbonyl (C=O) groups excluding carboxylic acids is 1. The number of thiazole rings is 1. The molecule has 0 saturated heterocycles. The number of hydrogen-bond donors (Lipinski definition) is 1. The molecule has 0 saturated carbocycles. The summed E-state index contributed by atoms with van der Waals surface area (Å²) in [5, 5.41) is 2.67. The summed E-state index contributed by atoms with van der Waals surface area (Å²) >= 11 is 3.31. The molecular formula is C13H10F3IN2OS. The van der Waals surface area contributed by atoms with Crippen molar-refractivity contribution in [2.24, 2.45) is 0 Å². The van der Waals surface area contributed by atoms with Crippen LogP contribution in [0.3, 0.4) is 0 Å². The minimum absolute atomic E-state index is 0.172. The highest BCUT2D eigenvalue weighted by molar-refractivity contribution is 14.1. The fourth-order valence-electron chi connectivity index (χ4n) is 1.65. The largest absolute Gasteiger partial charge is 0.416 e. The molecule has 2 rings (SSSR count). The molecule has 0 aliphatic carbocycles. The van der Waals surface area contributed by atoms with Crippen LogP contribution in [0.1, 0.15) is 26.5 Å². The number of carbonyl (C=O) groups is 1. The zero-order valence-electron chi connectivity index (χ0n) is 10.8. The number of amides is 1. The van der Waals surface area contributed by atoms with Gasteiger partial charge in [0.15, 0.2) is 3.01 Å². The summed E-state index contributed by atoms with van der Waals surface area (Å²) in [4.78, 5) is 16.6. The molecule has 0 atom stereocenters. The highest BCUT2D eigenvalue weighted by Gasteiger charge is 2.29. The third-order valence-corrected chi connectivity index (χ3v) is 4.56. The number of aromatic nitrogens is 1. The molecule has 0 aliphatic heterocycles. The van der Waals surface area contributed by atoms with Gasteiger partial charge in [0.25, 0.3) is 5.91 Å². The Morgan fingerprint density at radius 3 is 2.43 bits per heavy atom. The summed E-state index contributed by atoms with van der Waals surface area (Å²) in [6.45, 7) is 1.91. The molecule has 0 aliphatic rings. The van der Waals surface area contributed by atoms with E-state index in [2.05, 4.69) is 10.3 Å². The third-order valence-electron chi connectivity index (χ3n) is 2.71. The Hall–Kier alpha value is -1.16. The minimum atomic E-state index is -4.35. The smallest absolute Gasteiger partial charge is 0.347 e. The van der Waals surface area contributed by atoms with Crippen LogP contribution in [0.25, 0.3) is 0 Å². The standard InChI is InChI=1S/C13H10F3IN2OS/c1-7-10(21-12(17)19-7)11(20)18-6-8-2-4-9(5-3-8)13(14,15)16/h2-5H,6H2,1H3,(H,18,20). The van der Waals surface area contributed by atoms with Crippen molar-refractivity contribution in [1.82, 2.24) is 10.3 Å². The lowest BCUT2D eigenvalue weighted by Gasteiger charge is -2.08. The van der Waals surface area contributed by atoms with Crippen LogP contribution >= 0.6 is 33.9 Å². The minimum Gasteiger partial charge on any atom is -0.347 e. The monoisotopic (exact) mass is 426 g/mol. The SMILES string of the molecule is Cc1nc(I)sc1C(=O)NCc1ccc(C(F)(F)F)cc1. The molecule has 2 aromatic rings. The van der Waals surface area contributed by atoms with Gasteiger partial charge in [-0.3, -0.25) is 4.79 Å². The fourth-order valence-corrected chi connectivity index (χ4v) is 3.38. The second kappa shape index (κ2) is 6.30. The molecule has 21 heavy (non-hydrogen) atoms. The second-order valence-corrected chi connectivity index (χ2v) is 7.01. The van der Waals surface area contributed by atoms with E-state index >= 15 is 0 Å². The maximum absolute atomic E-state index is 12.4. The molecule has 1 amide bonds. The van der Waals surface area contributed by atoms with E-state index in [0.29, 0.717) is 16.1 Å². The Morgan fingerprint density at radius 2 is 1.95 bits per heavy atom. The van der Waals surface area contributed by atoms with Crippen molar-refractivity contribution in [1.29, 1.82) is 0 Å². The highest BCUT2D eigenvalue weighted by atomic mass is 127. The molecule has 8 heteroatoms. The number of halogens is 4. The van der Waals surface area contributed by atoms with Crippen LogP contribution in [0.4, 0.5) is 13.2 Å². The van der Waals surface area contributed by atoms with Gasteiger partial charge in [-0.05, 0) is 47.2 Å². The predicted molar refractivity (Wildman–Crippen MR) is 82.2 cm³/mol. The van der Waals surface area contributed by atoms with E-state index in [-0.39, 0.29) is 12.5 Å². The lowest BCUT2D eigenvalue weighted by molar-refractivity contribution is -0.137. The van der Waals surface area contributed by atoms with Crippen LogP contribution in [-0.4, -0.2) is 10.9 Å². The average Bonchev–Trinajstić information content (AvgIpc) is 2.74. The lowest BCUT2D eigenvalue weighted by atomic mass is 10.1. The summed E-state index contributed by atoms with van der Waals surface area (Å²) < 4.78 is 38.0. The van der Waals surface area contributed by atoms with Gasteiger partial charge in [0.2, 0.25) is 0 Å². The number of rotatable bonds is 3. The molecule has 3 nitrogen and oxygen atoms in total. The number of hydrogen-bond acceptors (Lipinski definition) is 3. The first-order valence-corrected chi connectivity index (χ1v) is 7.74. The first kappa shape index (κ1) is 16.2. The topological polar surface area (TPSA) is 42.0 Å². The Labute approximate surface area is 136 Å². The van der Waals surface area contributed by atoms with Crippen LogP contribution in [-0.2, 0) is 12.7 Å². The Bertz CT molecular complexity index is 652. The summed E-state index contributed by atoms with van der Waals surface area (Å²) in [7, 11) is 0. The van der Waals surface area contributed by atoms with E-state index in [1.165, 1.54) is 23.5 Å². The van der Waals surface area contributed by atoms with Crippen molar-refractivity contribution < 1.29 is 18.0 Å². The van der Waals surface area contributed by atoms with Crippen molar-refractivity contribution in [3.8, 4) is 0 Å². The van der Waals surface area contributed by atoms with Crippen LogP contribution in [0.2, 0.25) is 0 Å². The van der Waals surface area contributed by atoms with Gasteiger partial charge in [-0.25, -0.2) is 4.98 Å². The Morgan fingerprint density at radius 1 is 1.33 bits per heavy atom. The molecule has 0 spiro atoms. The van der Waals surface area contributed by atoms with Crippen molar-refractivity contribution in [3.63, 3.8) is 0 Å². The molecule has 0 fully saturated rings. The molecule has 112 valence electrons. The third kappa shape index (κ3) is 4.16. The summed E-state index contributed by atoms with van der Waals surface area (Å²) in [6.07, 6.45) is -4.35. The first-order chi connectivity index (χ1) is 9.77. The maximum atomic E-state index is 12.4. The van der Waals surface area contributed by atoms with Crippen molar-refractivity contribution in [2.45, 2.75) is 19.6 Å². The predicted octanol–water partition coefficient (Wildman–Crippen LogP) is 4.00.